The largest absolute Gasteiger partial charge is 0.491 e. The van der Waals surface area contributed by atoms with Gasteiger partial charge in [0.15, 0.2) is 0 Å². The molecule has 0 radical (unpaired) electrons. The minimum atomic E-state index is -0.431. The average molecular weight is 343 g/mol. The van der Waals surface area contributed by atoms with Crippen molar-refractivity contribution in [3.05, 3.63) is 64.2 Å². The summed E-state index contributed by atoms with van der Waals surface area (Å²) in [6, 6.07) is 14.3. The fourth-order valence-electron chi connectivity index (χ4n) is 2.62. The van der Waals surface area contributed by atoms with E-state index in [2.05, 4.69) is 17.4 Å². The molecule has 0 saturated carbocycles. The average Bonchev–Trinajstić information content (AvgIpc) is 3.09. The summed E-state index contributed by atoms with van der Waals surface area (Å²) in [7, 11) is 4.01. The van der Waals surface area contributed by atoms with E-state index in [4.69, 9.17) is 9.47 Å². The van der Waals surface area contributed by atoms with Gasteiger partial charge in [-0.2, -0.15) is 0 Å². The Balaban J connectivity index is 1.51. The van der Waals surface area contributed by atoms with Crippen molar-refractivity contribution in [1.82, 2.24) is 5.32 Å². The van der Waals surface area contributed by atoms with Gasteiger partial charge in [0, 0.05) is 38.5 Å². The van der Waals surface area contributed by atoms with Crippen molar-refractivity contribution < 1.29 is 14.4 Å². The maximum absolute atomic E-state index is 10.6. The molecule has 0 aromatic heterocycles. The van der Waals surface area contributed by atoms with Crippen LogP contribution >= 0.6 is 0 Å². The van der Waals surface area contributed by atoms with Crippen LogP contribution in [0.2, 0.25) is 0 Å². The zero-order chi connectivity index (χ0) is 17.8. The number of non-ortho nitro benzene ring substituents is 1. The van der Waals surface area contributed by atoms with Crippen LogP contribution in [0.15, 0.2) is 48.5 Å². The zero-order valence-electron chi connectivity index (χ0n) is 14.2. The van der Waals surface area contributed by atoms with E-state index in [1.807, 2.05) is 31.1 Å². The van der Waals surface area contributed by atoms with Gasteiger partial charge in [0.1, 0.15) is 24.7 Å². The third-order valence-corrected chi connectivity index (χ3v) is 4.06. The first-order chi connectivity index (χ1) is 12.0. The van der Waals surface area contributed by atoms with E-state index in [0.29, 0.717) is 18.9 Å². The summed E-state index contributed by atoms with van der Waals surface area (Å²) >= 11 is 0. The van der Waals surface area contributed by atoms with Crippen LogP contribution in [-0.2, 0) is 4.74 Å². The molecule has 7 heteroatoms. The first-order valence-electron chi connectivity index (χ1n) is 8.06. The molecule has 2 aromatic carbocycles. The Bertz CT molecular complexity index is 716. The van der Waals surface area contributed by atoms with Gasteiger partial charge < -0.3 is 14.4 Å². The van der Waals surface area contributed by atoms with Crippen molar-refractivity contribution in [3.63, 3.8) is 0 Å². The normalized spacial score (nSPS) is 19.6. The van der Waals surface area contributed by atoms with Gasteiger partial charge in [-0.3, -0.25) is 15.4 Å². The molecule has 0 aliphatic carbocycles. The summed E-state index contributed by atoms with van der Waals surface area (Å²) in [6.07, 6.45) is -0.226. The van der Waals surface area contributed by atoms with Gasteiger partial charge >= 0.3 is 0 Å². The Hall–Kier alpha value is -2.64. The first-order valence-corrected chi connectivity index (χ1v) is 8.06. The molecule has 1 fully saturated rings. The molecule has 1 heterocycles. The summed E-state index contributed by atoms with van der Waals surface area (Å²) in [5.41, 5.74) is 2.26. The van der Waals surface area contributed by atoms with E-state index in [1.165, 1.54) is 12.1 Å². The molecule has 1 aliphatic heterocycles. The Labute approximate surface area is 146 Å². The number of nitro groups is 1. The van der Waals surface area contributed by atoms with Gasteiger partial charge in [0.2, 0.25) is 0 Å². The summed E-state index contributed by atoms with van der Waals surface area (Å²) in [5, 5.41) is 14.0. The van der Waals surface area contributed by atoms with E-state index < -0.39 is 4.92 Å². The monoisotopic (exact) mass is 343 g/mol. The van der Waals surface area contributed by atoms with Crippen molar-refractivity contribution in [2.24, 2.45) is 0 Å². The van der Waals surface area contributed by atoms with E-state index in [0.717, 1.165) is 11.3 Å². The van der Waals surface area contributed by atoms with E-state index >= 15 is 0 Å². The van der Waals surface area contributed by atoms with Gasteiger partial charge in [-0.1, -0.05) is 12.1 Å². The lowest BCUT2D eigenvalue weighted by Gasteiger charge is -2.16. The third-order valence-electron chi connectivity index (χ3n) is 4.06. The predicted molar refractivity (Wildman–Crippen MR) is 95.0 cm³/mol. The summed E-state index contributed by atoms with van der Waals surface area (Å²) in [4.78, 5) is 12.3. The van der Waals surface area contributed by atoms with Crippen LogP contribution in [0.3, 0.4) is 0 Å². The summed E-state index contributed by atoms with van der Waals surface area (Å²) in [5.74, 6) is 0.591. The third kappa shape index (κ3) is 4.26. The van der Waals surface area contributed by atoms with Crippen LogP contribution in [0.4, 0.5) is 11.4 Å². The number of nitrogens with zero attached hydrogens (tertiary/aromatic N) is 2. The molecule has 2 aromatic rings. The Morgan fingerprint density at radius 1 is 1.20 bits per heavy atom. The minimum absolute atomic E-state index is 0.0485. The Kier molecular flexibility index (Phi) is 5.16. The molecule has 7 nitrogen and oxygen atoms in total. The molecule has 3 rings (SSSR count). The van der Waals surface area contributed by atoms with E-state index in [1.54, 1.807) is 12.1 Å². The smallest absolute Gasteiger partial charge is 0.269 e. The van der Waals surface area contributed by atoms with Gasteiger partial charge in [-0.25, -0.2) is 0 Å². The highest BCUT2D eigenvalue weighted by Gasteiger charge is 2.26. The fourth-order valence-corrected chi connectivity index (χ4v) is 2.62. The van der Waals surface area contributed by atoms with Crippen molar-refractivity contribution in [2.75, 3.05) is 32.1 Å². The van der Waals surface area contributed by atoms with Crippen LogP contribution in [0.25, 0.3) is 0 Å². The Morgan fingerprint density at radius 2 is 1.88 bits per heavy atom. The van der Waals surface area contributed by atoms with Crippen LogP contribution < -0.4 is 15.0 Å². The molecule has 25 heavy (non-hydrogen) atoms. The number of nitro benzene ring substituents is 1. The van der Waals surface area contributed by atoms with Gasteiger partial charge in [0.05, 0.1) is 4.92 Å². The molecule has 132 valence electrons. The molecule has 1 aliphatic rings. The number of hydrogen-bond donors (Lipinski definition) is 1. The standard InChI is InChI=1S/C18H21N3O4/c1-20(2)14-5-3-13(4-6-14)18-19-11-17(25-18)12-24-16-9-7-15(8-10-16)21(22)23/h3-10,17-19H,11-12H2,1-2H3/t17-,18+/m0/s1. The van der Waals surface area contributed by atoms with Gasteiger partial charge in [-0.15, -0.1) is 0 Å². The fraction of sp³-hybridized carbons (Fsp3) is 0.333. The highest BCUT2D eigenvalue weighted by atomic mass is 16.6. The minimum Gasteiger partial charge on any atom is -0.491 e. The predicted octanol–water partition coefficient (Wildman–Crippen LogP) is 2.73. The molecule has 1 N–H and O–H groups in total. The van der Waals surface area contributed by atoms with Crippen molar-refractivity contribution in [2.45, 2.75) is 12.3 Å². The number of benzene rings is 2. The van der Waals surface area contributed by atoms with Crippen molar-refractivity contribution in [1.29, 1.82) is 0 Å². The molecule has 0 bridgehead atoms. The molecule has 1 saturated heterocycles. The maximum Gasteiger partial charge on any atom is 0.269 e. The number of ether oxygens (including phenoxy) is 2. The summed E-state index contributed by atoms with van der Waals surface area (Å²) < 4.78 is 11.6. The van der Waals surface area contributed by atoms with Gasteiger partial charge in [-0.05, 0) is 29.8 Å². The number of rotatable bonds is 6. The first kappa shape index (κ1) is 17.2. The lowest BCUT2D eigenvalue weighted by molar-refractivity contribution is -0.384. The quantitative estimate of drug-likeness (QED) is 0.642. The molecule has 0 spiro atoms. The van der Waals surface area contributed by atoms with Crippen LogP contribution in [0, 0.1) is 10.1 Å². The van der Waals surface area contributed by atoms with Crippen LogP contribution in [0.5, 0.6) is 5.75 Å². The lowest BCUT2D eigenvalue weighted by Crippen LogP contribution is -2.21. The van der Waals surface area contributed by atoms with Crippen molar-refractivity contribution >= 4 is 11.4 Å². The number of hydrogen-bond acceptors (Lipinski definition) is 6. The topological polar surface area (TPSA) is 76.9 Å². The molecular weight excluding hydrogens is 322 g/mol. The molecule has 0 unspecified atom stereocenters. The number of anilines is 1. The zero-order valence-corrected chi connectivity index (χ0v) is 14.2. The summed E-state index contributed by atoms with van der Waals surface area (Å²) in [6.45, 7) is 1.07. The Morgan fingerprint density at radius 3 is 2.48 bits per heavy atom. The van der Waals surface area contributed by atoms with Gasteiger partial charge in [0.25, 0.3) is 5.69 Å². The second kappa shape index (κ2) is 7.50. The SMILES string of the molecule is CN(C)c1ccc([C@@H]2NC[C@@H](COc3ccc([N+](=O)[O-])cc3)O2)cc1. The van der Waals surface area contributed by atoms with Crippen molar-refractivity contribution in [3.8, 4) is 5.75 Å². The second-order valence-corrected chi connectivity index (χ2v) is 6.09. The maximum atomic E-state index is 10.6. The molecule has 0 amide bonds. The lowest BCUT2D eigenvalue weighted by atomic mass is 10.2. The van der Waals surface area contributed by atoms with E-state index in [9.17, 15) is 10.1 Å². The highest BCUT2D eigenvalue weighted by molar-refractivity contribution is 5.46. The van der Waals surface area contributed by atoms with Crippen LogP contribution in [-0.4, -0.2) is 38.3 Å². The van der Waals surface area contributed by atoms with Crippen LogP contribution in [0.1, 0.15) is 11.8 Å². The number of nitrogens with one attached hydrogen (secondary N) is 1. The second-order valence-electron chi connectivity index (χ2n) is 6.09. The highest BCUT2D eigenvalue weighted by Crippen LogP contribution is 2.24. The molecule has 2 atom stereocenters. The molecular formula is C18H21N3O4. The van der Waals surface area contributed by atoms with E-state index in [-0.39, 0.29) is 18.0 Å².